The molecule has 1 N–H and O–H groups in total. The zero-order chi connectivity index (χ0) is 13.5. The Morgan fingerprint density at radius 1 is 1.26 bits per heavy atom. The molecule has 0 bridgehead atoms. The Morgan fingerprint density at radius 3 is 2.89 bits per heavy atom. The fraction of sp³-hybridized carbons (Fsp3) is 0.231. The molecule has 0 spiro atoms. The average Bonchev–Trinajstić information content (AvgIpc) is 2.48. The van der Waals surface area contributed by atoms with Crippen LogP contribution in [0.5, 0.6) is 0 Å². The van der Waals surface area contributed by atoms with Crippen molar-refractivity contribution in [3.63, 3.8) is 0 Å². The van der Waals surface area contributed by atoms with Gasteiger partial charge in [0.15, 0.2) is 0 Å². The molecule has 0 aromatic carbocycles. The summed E-state index contributed by atoms with van der Waals surface area (Å²) in [6, 6.07) is 5.02. The summed E-state index contributed by atoms with van der Waals surface area (Å²) in [5, 5.41) is 2.65. The van der Waals surface area contributed by atoms with Crippen molar-refractivity contribution in [1.29, 1.82) is 0 Å². The molecule has 0 radical (unpaired) electrons. The summed E-state index contributed by atoms with van der Waals surface area (Å²) in [6.45, 7) is -0.153. The van der Waals surface area contributed by atoms with Crippen LogP contribution in [0, 0.1) is 0 Å². The topological polar surface area (TPSA) is 67.8 Å². The Balaban J connectivity index is 2.24. The van der Waals surface area contributed by atoms with Crippen LogP contribution in [0.2, 0.25) is 0 Å². The van der Waals surface area contributed by atoms with E-state index in [9.17, 15) is 9.18 Å². The number of alkyl halides is 1. The number of hydrogen-bond donors (Lipinski definition) is 1. The van der Waals surface area contributed by atoms with Gasteiger partial charge in [0.25, 0.3) is 5.91 Å². The number of aromatic nitrogens is 3. The molecule has 2 aromatic heterocycles. The van der Waals surface area contributed by atoms with E-state index in [0.717, 1.165) is 0 Å². The zero-order valence-corrected chi connectivity index (χ0v) is 10.2. The van der Waals surface area contributed by atoms with Gasteiger partial charge in [0.05, 0.1) is 17.9 Å². The van der Waals surface area contributed by atoms with Crippen molar-refractivity contribution < 1.29 is 9.18 Å². The smallest absolute Gasteiger partial charge is 0.253 e. The van der Waals surface area contributed by atoms with Crippen molar-refractivity contribution in [2.45, 2.75) is 6.42 Å². The molecule has 5 nitrogen and oxygen atoms in total. The molecule has 1 amide bonds. The lowest BCUT2D eigenvalue weighted by Gasteiger charge is -2.08. The lowest BCUT2D eigenvalue weighted by molar-refractivity contribution is 0.0953. The van der Waals surface area contributed by atoms with Gasteiger partial charge in [0.1, 0.15) is 12.0 Å². The Hall–Kier alpha value is -2.37. The molecular weight excluding hydrogens is 247 g/mol. The predicted octanol–water partition coefficient (Wildman–Crippen LogP) is 1.63. The van der Waals surface area contributed by atoms with Gasteiger partial charge in [-0.2, -0.15) is 0 Å². The van der Waals surface area contributed by atoms with Gasteiger partial charge < -0.3 is 5.32 Å². The molecule has 0 aliphatic rings. The number of pyridine rings is 1. The second-order valence-corrected chi connectivity index (χ2v) is 3.79. The number of halogens is 1. The van der Waals surface area contributed by atoms with E-state index >= 15 is 0 Å². The first-order chi connectivity index (χ1) is 9.33. The van der Waals surface area contributed by atoms with Crippen molar-refractivity contribution in [1.82, 2.24) is 20.3 Å². The fourth-order valence-corrected chi connectivity index (χ4v) is 1.59. The zero-order valence-electron chi connectivity index (χ0n) is 10.2. The molecule has 0 unspecified atom stereocenters. The monoisotopic (exact) mass is 260 g/mol. The summed E-state index contributed by atoms with van der Waals surface area (Å²) in [7, 11) is 0. The number of hydrogen-bond acceptors (Lipinski definition) is 4. The van der Waals surface area contributed by atoms with Crippen molar-refractivity contribution in [3.05, 3.63) is 42.5 Å². The van der Waals surface area contributed by atoms with E-state index in [4.69, 9.17) is 0 Å². The third-order valence-electron chi connectivity index (χ3n) is 2.47. The first kappa shape index (κ1) is 13.1. The van der Waals surface area contributed by atoms with E-state index in [-0.39, 0.29) is 5.91 Å². The molecule has 2 heterocycles. The van der Waals surface area contributed by atoms with Crippen LogP contribution in [-0.2, 0) is 0 Å². The molecule has 2 rings (SSSR count). The third-order valence-corrected chi connectivity index (χ3v) is 2.47. The second-order valence-electron chi connectivity index (χ2n) is 3.79. The summed E-state index contributed by atoms with van der Waals surface area (Å²) >= 11 is 0. The van der Waals surface area contributed by atoms with Crippen LogP contribution in [0.15, 0.2) is 36.9 Å². The molecule has 0 atom stereocenters. The summed E-state index contributed by atoms with van der Waals surface area (Å²) in [5.41, 5.74) is 1.48. The van der Waals surface area contributed by atoms with Crippen LogP contribution < -0.4 is 5.32 Å². The number of carbonyl (C=O) groups excluding carboxylic acids is 1. The standard InChI is InChI=1S/C13H13FN4O/c14-5-2-7-17-13(19)10-3-1-6-16-12(10)11-4-8-15-9-18-11/h1,3-4,6,8-9H,2,5,7H2,(H,17,19). The molecular formula is C13H13FN4O. The SMILES string of the molecule is O=C(NCCCF)c1cccnc1-c1ccncn1. The van der Waals surface area contributed by atoms with Gasteiger partial charge in [-0.3, -0.25) is 14.2 Å². The Labute approximate surface area is 109 Å². The number of amides is 1. The highest BCUT2D eigenvalue weighted by molar-refractivity contribution is 5.99. The number of nitrogens with one attached hydrogen (secondary N) is 1. The van der Waals surface area contributed by atoms with Crippen LogP contribution in [0.3, 0.4) is 0 Å². The maximum Gasteiger partial charge on any atom is 0.253 e. The molecule has 0 fully saturated rings. The third kappa shape index (κ3) is 3.31. The van der Waals surface area contributed by atoms with Gasteiger partial charge in [0.2, 0.25) is 0 Å². The van der Waals surface area contributed by atoms with E-state index in [0.29, 0.717) is 29.9 Å². The van der Waals surface area contributed by atoms with Crippen LogP contribution in [0.4, 0.5) is 4.39 Å². The Bertz CT molecular complexity index is 547. The quantitative estimate of drug-likeness (QED) is 0.830. The first-order valence-corrected chi connectivity index (χ1v) is 5.88. The van der Waals surface area contributed by atoms with E-state index in [1.807, 2.05) is 0 Å². The molecule has 0 aliphatic heterocycles. The average molecular weight is 260 g/mol. The van der Waals surface area contributed by atoms with Crippen LogP contribution in [0.25, 0.3) is 11.4 Å². The first-order valence-electron chi connectivity index (χ1n) is 5.88. The van der Waals surface area contributed by atoms with Crippen LogP contribution in [0.1, 0.15) is 16.8 Å². The minimum atomic E-state index is -0.452. The molecule has 0 aliphatic carbocycles. The molecule has 0 saturated carbocycles. The number of nitrogens with zero attached hydrogens (tertiary/aromatic N) is 3. The van der Waals surface area contributed by atoms with Gasteiger partial charge in [-0.1, -0.05) is 0 Å². The largest absolute Gasteiger partial charge is 0.352 e. The second kappa shape index (κ2) is 6.53. The van der Waals surface area contributed by atoms with E-state index < -0.39 is 6.67 Å². The summed E-state index contributed by atoms with van der Waals surface area (Å²) in [5.74, 6) is -0.282. The van der Waals surface area contributed by atoms with E-state index in [2.05, 4.69) is 20.3 Å². The summed E-state index contributed by atoms with van der Waals surface area (Å²) < 4.78 is 12.0. The van der Waals surface area contributed by atoms with Crippen LogP contribution in [-0.4, -0.2) is 34.1 Å². The lowest BCUT2D eigenvalue weighted by Crippen LogP contribution is -2.25. The minimum absolute atomic E-state index is 0.282. The summed E-state index contributed by atoms with van der Waals surface area (Å²) in [6.07, 6.45) is 4.88. The normalized spacial score (nSPS) is 10.2. The Morgan fingerprint density at radius 2 is 2.16 bits per heavy atom. The van der Waals surface area contributed by atoms with Gasteiger partial charge in [-0.05, 0) is 24.6 Å². The van der Waals surface area contributed by atoms with Gasteiger partial charge in [0, 0.05) is 18.9 Å². The maximum atomic E-state index is 12.0. The van der Waals surface area contributed by atoms with Crippen molar-refractivity contribution in [2.24, 2.45) is 0 Å². The molecule has 6 heteroatoms. The maximum absolute atomic E-state index is 12.0. The molecule has 98 valence electrons. The number of carbonyl (C=O) groups is 1. The summed E-state index contributed by atoms with van der Waals surface area (Å²) in [4.78, 5) is 24.1. The highest BCUT2D eigenvalue weighted by atomic mass is 19.1. The van der Waals surface area contributed by atoms with Gasteiger partial charge >= 0.3 is 0 Å². The van der Waals surface area contributed by atoms with E-state index in [1.54, 1.807) is 30.6 Å². The van der Waals surface area contributed by atoms with Gasteiger partial charge in [-0.25, -0.2) is 9.97 Å². The van der Waals surface area contributed by atoms with Crippen LogP contribution >= 0.6 is 0 Å². The predicted molar refractivity (Wildman–Crippen MR) is 68.2 cm³/mol. The highest BCUT2D eigenvalue weighted by Crippen LogP contribution is 2.17. The Kier molecular flexibility index (Phi) is 4.49. The van der Waals surface area contributed by atoms with Crippen molar-refractivity contribution in [2.75, 3.05) is 13.2 Å². The lowest BCUT2D eigenvalue weighted by atomic mass is 10.1. The highest BCUT2D eigenvalue weighted by Gasteiger charge is 2.13. The van der Waals surface area contributed by atoms with Crippen molar-refractivity contribution >= 4 is 5.91 Å². The molecule has 19 heavy (non-hydrogen) atoms. The minimum Gasteiger partial charge on any atom is -0.352 e. The fourth-order valence-electron chi connectivity index (χ4n) is 1.59. The number of rotatable bonds is 5. The van der Waals surface area contributed by atoms with Gasteiger partial charge in [-0.15, -0.1) is 0 Å². The van der Waals surface area contributed by atoms with E-state index in [1.165, 1.54) is 6.33 Å². The molecule has 0 saturated heterocycles. The van der Waals surface area contributed by atoms with Crippen molar-refractivity contribution in [3.8, 4) is 11.4 Å². The molecule has 2 aromatic rings.